The minimum Gasteiger partial charge on any atom is -0.371 e. The summed E-state index contributed by atoms with van der Waals surface area (Å²) in [5, 5.41) is 16.8. The minimum absolute atomic E-state index is 0.794. The molecule has 4 heterocycles. The van der Waals surface area contributed by atoms with Gasteiger partial charge in [-0.05, 0) is 36.9 Å². The van der Waals surface area contributed by atoms with E-state index in [1.807, 2.05) is 35.6 Å². The van der Waals surface area contributed by atoms with Gasteiger partial charge >= 0.3 is 5.82 Å². The molecule has 2 aromatic rings. The Labute approximate surface area is 171 Å². The number of hydrogen-bond donors (Lipinski definition) is 0. The molecule has 2 fully saturated rings. The van der Waals surface area contributed by atoms with Gasteiger partial charge in [0, 0.05) is 62.9 Å². The third-order valence-corrected chi connectivity index (χ3v) is 5.58. The summed E-state index contributed by atoms with van der Waals surface area (Å²) >= 11 is 0. The van der Waals surface area contributed by atoms with Gasteiger partial charge in [0.25, 0.3) is 0 Å². The lowest BCUT2D eigenvalue weighted by Gasteiger charge is -2.17. The molecule has 2 saturated heterocycles. The van der Waals surface area contributed by atoms with E-state index in [4.69, 9.17) is 0 Å². The molecule has 152 valence electrons. The SMILES string of the molecule is Cn1ccc(N2CCCC2)cc1=NN=CN=Nc1cc(N2CCCC2)cc[n+]1C. The van der Waals surface area contributed by atoms with Crippen LogP contribution in [0.2, 0.25) is 0 Å². The van der Waals surface area contributed by atoms with Crippen molar-refractivity contribution in [1.82, 2.24) is 4.57 Å². The number of azo groups is 1. The highest BCUT2D eigenvalue weighted by atomic mass is 15.3. The fourth-order valence-corrected chi connectivity index (χ4v) is 3.83. The van der Waals surface area contributed by atoms with Gasteiger partial charge in [0.2, 0.25) is 0 Å². The molecule has 0 spiro atoms. The molecule has 0 aliphatic carbocycles. The molecule has 0 amide bonds. The molecule has 8 nitrogen and oxygen atoms in total. The largest absolute Gasteiger partial charge is 0.371 e. The Balaban J connectivity index is 1.47. The summed E-state index contributed by atoms with van der Waals surface area (Å²) in [5.74, 6) is 0.794. The van der Waals surface area contributed by atoms with Crippen molar-refractivity contribution >= 4 is 23.5 Å². The number of hydrogen-bond acceptors (Lipinski definition) is 5. The van der Waals surface area contributed by atoms with Gasteiger partial charge in [-0.3, -0.25) is 0 Å². The van der Waals surface area contributed by atoms with Crippen LogP contribution in [0.25, 0.3) is 0 Å². The average Bonchev–Trinajstić information content (AvgIpc) is 3.44. The smallest absolute Gasteiger partial charge is 0.352 e. The molecule has 0 N–H and O–H groups in total. The van der Waals surface area contributed by atoms with Crippen LogP contribution in [0, 0.1) is 0 Å². The highest BCUT2D eigenvalue weighted by Crippen LogP contribution is 2.22. The van der Waals surface area contributed by atoms with Crippen molar-refractivity contribution in [1.29, 1.82) is 0 Å². The summed E-state index contributed by atoms with van der Waals surface area (Å²) in [7, 11) is 3.93. The van der Waals surface area contributed by atoms with Gasteiger partial charge in [0.1, 0.15) is 0 Å². The maximum absolute atomic E-state index is 4.31. The van der Waals surface area contributed by atoms with E-state index in [9.17, 15) is 0 Å². The van der Waals surface area contributed by atoms with Crippen molar-refractivity contribution in [2.75, 3.05) is 36.0 Å². The molecule has 0 aromatic carbocycles. The summed E-state index contributed by atoms with van der Waals surface area (Å²) in [4.78, 5) is 4.77. The van der Waals surface area contributed by atoms with Gasteiger partial charge in [-0.25, -0.2) is 4.57 Å². The lowest BCUT2D eigenvalue weighted by molar-refractivity contribution is -0.658. The predicted molar refractivity (Wildman–Crippen MR) is 114 cm³/mol. The van der Waals surface area contributed by atoms with Crippen LogP contribution in [0.4, 0.5) is 17.2 Å². The van der Waals surface area contributed by atoms with Crippen LogP contribution in [0.5, 0.6) is 0 Å². The zero-order valence-corrected chi connectivity index (χ0v) is 17.3. The maximum atomic E-state index is 4.31. The zero-order valence-electron chi connectivity index (χ0n) is 17.3. The van der Waals surface area contributed by atoms with Gasteiger partial charge in [-0.15, -0.1) is 10.2 Å². The number of aromatic nitrogens is 2. The summed E-state index contributed by atoms with van der Waals surface area (Å²) in [6, 6.07) is 8.39. The highest BCUT2D eigenvalue weighted by Gasteiger charge is 2.16. The number of anilines is 2. The Bertz CT molecular complexity index is 963. The predicted octanol–water partition coefficient (Wildman–Crippen LogP) is 2.68. The lowest BCUT2D eigenvalue weighted by Crippen LogP contribution is -2.28. The fourth-order valence-electron chi connectivity index (χ4n) is 3.83. The number of nitrogens with zero attached hydrogens (tertiary/aromatic N) is 8. The van der Waals surface area contributed by atoms with Crippen molar-refractivity contribution in [2.45, 2.75) is 25.7 Å². The molecule has 8 heteroatoms. The number of pyridine rings is 2. The molecule has 2 aliphatic heterocycles. The zero-order chi connectivity index (χ0) is 20.1. The van der Waals surface area contributed by atoms with Crippen LogP contribution in [0.1, 0.15) is 25.7 Å². The summed E-state index contributed by atoms with van der Waals surface area (Å²) in [5.41, 5.74) is 3.19. The second-order valence-electron chi connectivity index (χ2n) is 7.64. The van der Waals surface area contributed by atoms with E-state index in [0.717, 1.165) is 37.5 Å². The molecule has 0 unspecified atom stereocenters. The van der Waals surface area contributed by atoms with Crippen LogP contribution < -0.4 is 19.9 Å². The van der Waals surface area contributed by atoms with Crippen LogP contribution >= 0.6 is 0 Å². The van der Waals surface area contributed by atoms with Gasteiger partial charge in [-0.2, -0.15) is 0 Å². The topological polar surface area (TPSA) is 64.7 Å². The maximum Gasteiger partial charge on any atom is 0.352 e. The molecule has 2 aliphatic rings. The van der Waals surface area contributed by atoms with Crippen LogP contribution in [-0.2, 0) is 14.1 Å². The van der Waals surface area contributed by atoms with E-state index in [2.05, 4.69) is 54.5 Å². The van der Waals surface area contributed by atoms with E-state index >= 15 is 0 Å². The molecule has 2 aromatic heterocycles. The highest BCUT2D eigenvalue weighted by molar-refractivity contribution is 5.55. The first-order valence-electron chi connectivity index (χ1n) is 10.3. The van der Waals surface area contributed by atoms with Gasteiger partial charge < -0.3 is 14.4 Å². The average molecular weight is 394 g/mol. The van der Waals surface area contributed by atoms with Crippen molar-refractivity contribution in [3.05, 3.63) is 42.1 Å². The second-order valence-corrected chi connectivity index (χ2v) is 7.64. The molecule has 0 atom stereocenters. The van der Waals surface area contributed by atoms with Crippen molar-refractivity contribution in [2.24, 2.45) is 34.5 Å². The van der Waals surface area contributed by atoms with E-state index in [1.54, 1.807) is 0 Å². The standard InChI is InChI=1S/C21H29N8/c1-26-13-7-18(28-9-3-4-10-28)15-20(26)24-22-17-23-25-21-16-19(8-14-27(21)2)29-11-5-6-12-29/h7-8,13-17H,3-6,9-12H2,1-2H3/q+1. The monoisotopic (exact) mass is 393 g/mol. The number of rotatable bonds is 5. The Morgan fingerprint density at radius 3 is 2.28 bits per heavy atom. The fraction of sp³-hybridized carbons (Fsp3) is 0.476. The van der Waals surface area contributed by atoms with Gasteiger partial charge in [-0.1, -0.05) is 0 Å². The van der Waals surface area contributed by atoms with E-state index < -0.39 is 0 Å². The van der Waals surface area contributed by atoms with Crippen LogP contribution in [-0.4, -0.2) is 37.1 Å². The second kappa shape index (κ2) is 8.98. The van der Waals surface area contributed by atoms with Crippen LogP contribution in [0.15, 0.2) is 57.1 Å². The van der Waals surface area contributed by atoms with Crippen molar-refractivity contribution < 1.29 is 4.57 Å². The Kier molecular flexibility index (Phi) is 5.97. The Morgan fingerprint density at radius 2 is 1.59 bits per heavy atom. The molecule has 0 bridgehead atoms. The molecule has 4 rings (SSSR count). The van der Waals surface area contributed by atoms with Crippen molar-refractivity contribution in [3.63, 3.8) is 0 Å². The van der Waals surface area contributed by atoms with Gasteiger partial charge in [0.05, 0.1) is 24.4 Å². The third kappa shape index (κ3) is 4.70. The lowest BCUT2D eigenvalue weighted by atomic mass is 10.3. The quantitative estimate of drug-likeness (QED) is 0.258. The molecule has 0 radical (unpaired) electrons. The molecule has 29 heavy (non-hydrogen) atoms. The van der Waals surface area contributed by atoms with Crippen molar-refractivity contribution in [3.8, 4) is 0 Å². The van der Waals surface area contributed by atoms with Gasteiger partial charge in [0.15, 0.2) is 11.8 Å². The molecular weight excluding hydrogens is 364 g/mol. The normalized spacial score (nSPS) is 18.1. The summed E-state index contributed by atoms with van der Waals surface area (Å²) in [6.07, 6.45) is 10.4. The first-order valence-corrected chi connectivity index (χ1v) is 10.3. The first kappa shape index (κ1) is 19.3. The van der Waals surface area contributed by atoms with E-state index in [-0.39, 0.29) is 0 Å². The Hall–Kier alpha value is -3.03. The third-order valence-electron chi connectivity index (χ3n) is 5.58. The Morgan fingerprint density at radius 1 is 0.931 bits per heavy atom. The minimum atomic E-state index is 0.794. The van der Waals surface area contributed by atoms with Crippen LogP contribution in [0.3, 0.4) is 0 Å². The number of aryl methyl sites for hydroxylation is 2. The van der Waals surface area contributed by atoms with E-state index in [1.165, 1.54) is 43.4 Å². The molecule has 0 saturated carbocycles. The summed E-state index contributed by atoms with van der Waals surface area (Å²) < 4.78 is 3.90. The molecular formula is C21H29N8+. The van der Waals surface area contributed by atoms with E-state index in [0.29, 0.717) is 0 Å². The summed E-state index contributed by atoms with van der Waals surface area (Å²) in [6.45, 7) is 4.44. The first-order chi connectivity index (χ1) is 14.2.